The van der Waals surface area contributed by atoms with E-state index < -0.39 is 5.97 Å². The van der Waals surface area contributed by atoms with Crippen molar-refractivity contribution in [1.82, 2.24) is 20.3 Å². The van der Waals surface area contributed by atoms with Gasteiger partial charge >= 0.3 is 5.97 Å². The van der Waals surface area contributed by atoms with Gasteiger partial charge < -0.3 is 23.8 Å². The Bertz CT molecular complexity index is 1550. The molecule has 1 aliphatic carbocycles. The second kappa shape index (κ2) is 10.2. The highest BCUT2D eigenvalue weighted by Crippen LogP contribution is 2.47. The van der Waals surface area contributed by atoms with Crippen LogP contribution in [0.5, 0.6) is 0 Å². The number of ether oxygens (including phenoxy) is 1. The van der Waals surface area contributed by atoms with E-state index in [4.69, 9.17) is 37.0 Å². The number of anilines is 1. The van der Waals surface area contributed by atoms with Gasteiger partial charge in [0, 0.05) is 29.1 Å². The molecule has 1 N–H and O–H groups in total. The van der Waals surface area contributed by atoms with Gasteiger partial charge in [0.15, 0.2) is 0 Å². The SMILES string of the molecule is O=C(O)c1cccc(-c2nc(N3[C@@H]4CC[C@H]3CC(OCc3c(-c5c(Cl)cccc5Cl)noc3C3CC3)C4)no2)n1. The molecule has 3 aromatic heterocycles. The second-order valence-corrected chi connectivity index (χ2v) is 11.4. The minimum absolute atomic E-state index is 0.0468. The summed E-state index contributed by atoms with van der Waals surface area (Å²) in [4.78, 5) is 22.2. The van der Waals surface area contributed by atoms with Crippen LogP contribution in [0.3, 0.4) is 0 Å². The predicted molar refractivity (Wildman–Crippen MR) is 146 cm³/mol. The molecule has 3 atom stereocenters. The van der Waals surface area contributed by atoms with E-state index in [0.717, 1.165) is 49.8 Å². The zero-order valence-electron chi connectivity index (χ0n) is 21.3. The molecule has 7 rings (SSSR count). The summed E-state index contributed by atoms with van der Waals surface area (Å²) < 4.78 is 17.8. The molecule has 3 aliphatic rings. The molecule has 2 aliphatic heterocycles. The standard InChI is InChI=1S/C28H25Cl2N5O5/c29-19-3-1-4-20(30)23(19)24-18(25(39-33-24)14-7-8-14)13-38-17-11-15-9-10-16(12-17)35(15)28-32-26(40-34-28)21-5-2-6-22(31-21)27(36)37/h1-6,14-17H,7-13H2,(H,36,37)/t15-,16+,17?. The summed E-state index contributed by atoms with van der Waals surface area (Å²) in [6.07, 6.45) is 5.83. The van der Waals surface area contributed by atoms with E-state index >= 15 is 0 Å². The van der Waals surface area contributed by atoms with Gasteiger partial charge in [0.2, 0.25) is 0 Å². The van der Waals surface area contributed by atoms with Gasteiger partial charge in [0.25, 0.3) is 11.8 Å². The van der Waals surface area contributed by atoms with Gasteiger partial charge in [-0.15, -0.1) is 0 Å². The predicted octanol–water partition coefficient (Wildman–Crippen LogP) is 6.39. The van der Waals surface area contributed by atoms with E-state index in [2.05, 4.69) is 25.2 Å². The number of nitrogens with zero attached hydrogens (tertiary/aromatic N) is 5. The topological polar surface area (TPSA) is 128 Å². The summed E-state index contributed by atoms with van der Waals surface area (Å²) in [7, 11) is 0. The smallest absolute Gasteiger partial charge is 0.354 e. The lowest BCUT2D eigenvalue weighted by Crippen LogP contribution is -2.46. The molecule has 4 aromatic rings. The maximum absolute atomic E-state index is 11.3. The zero-order chi connectivity index (χ0) is 27.4. The number of fused-ring (bicyclic) bond motifs is 2. The van der Waals surface area contributed by atoms with E-state index in [0.29, 0.717) is 45.5 Å². The number of pyridine rings is 1. The van der Waals surface area contributed by atoms with Crippen LogP contribution in [0.2, 0.25) is 10.0 Å². The quantitative estimate of drug-likeness (QED) is 0.250. The van der Waals surface area contributed by atoms with Crippen molar-refractivity contribution in [3.63, 3.8) is 0 Å². The molecule has 2 saturated heterocycles. The number of hydrogen-bond donors (Lipinski definition) is 1. The first-order valence-corrected chi connectivity index (χ1v) is 14.1. The third kappa shape index (κ3) is 4.63. The van der Waals surface area contributed by atoms with Gasteiger partial charge in [-0.05, 0) is 67.9 Å². The second-order valence-electron chi connectivity index (χ2n) is 10.6. The van der Waals surface area contributed by atoms with Crippen LogP contribution >= 0.6 is 23.2 Å². The molecule has 40 heavy (non-hydrogen) atoms. The Hall–Kier alpha value is -3.47. The van der Waals surface area contributed by atoms with Crippen LogP contribution in [0.1, 0.15) is 66.3 Å². The number of hydrogen-bond acceptors (Lipinski definition) is 9. The molecule has 1 aromatic carbocycles. The summed E-state index contributed by atoms with van der Waals surface area (Å²) in [5.74, 6) is 0.804. The molecule has 12 heteroatoms. The van der Waals surface area contributed by atoms with E-state index in [1.165, 1.54) is 6.07 Å². The van der Waals surface area contributed by atoms with Crippen molar-refractivity contribution in [2.75, 3.05) is 4.90 Å². The van der Waals surface area contributed by atoms with E-state index in [1.807, 2.05) is 6.07 Å². The Morgan fingerprint density at radius 2 is 1.70 bits per heavy atom. The Kier molecular flexibility index (Phi) is 6.48. The summed E-state index contributed by atoms with van der Waals surface area (Å²) in [5.41, 5.74) is 2.50. The average molecular weight is 582 g/mol. The molecule has 5 heterocycles. The van der Waals surface area contributed by atoms with Crippen molar-refractivity contribution < 1.29 is 23.7 Å². The van der Waals surface area contributed by atoms with Gasteiger partial charge in [0.1, 0.15) is 22.8 Å². The Balaban J connectivity index is 1.07. The van der Waals surface area contributed by atoms with Crippen LogP contribution in [-0.4, -0.2) is 49.5 Å². The lowest BCUT2D eigenvalue weighted by molar-refractivity contribution is 0.0144. The van der Waals surface area contributed by atoms with Crippen molar-refractivity contribution in [2.45, 2.75) is 69.2 Å². The lowest BCUT2D eigenvalue weighted by atomic mass is 9.99. The summed E-state index contributed by atoms with van der Waals surface area (Å²) in [5, 5.41) is 18.9. The van der Waals surface area contributed by atoms with Crippen molar-refractivity contribution in [3.05, 3.63) is 63.5 Å². The van der Waals surface area contributed by atoms with Gasteiger partial charge in [-0.1, -0.05) is 40.5 Å². The fourth-order valence-corrected chi connectivity index (χ4v) is 6.51. The molecule has 1 saturated carbocycles. The van der Waals surface area contributed by atoms with E-state index in [1.54, 1.807) is 24.3 Å². The van der Waals surface area contributed by atoms with Crippen LogP contribution < -0.4 is 4.90 Å². The largest absolute Gasteiger partial charge is 0.477 e. The molecule has 2 bridgehead atoms. The number of rotatable bonds is 8. The van der Waals surface area contributed by atoms with E-state index in [-0.39, 0.29) is 29.8 Å². The van der Waals surface area contributed by atoms with Crippen LogP contribution in [0, 0.1) is 0 Å². The number of benzene rings is 1. The average Bonchev–Trinajstić information content (AvgIpc) is 3.41. The number of carboxylic acids is 1. The molecule has 206 valence electrons. The summed E-state index contributed by atoms with van der Waals surface area (Å²) in [6.45, 7) is 0.369. The number of aromatic carboxylic acids is 1. The van der Waals surface area contributed by atoms with Crippen LogP contribution in [0.4, 0.5) is 5.95 Å². The molecule has 10 nitrogen and oxygen atoms in total. The van der Waals surface area contributed by atoms with Crippen LogP contribution in [0.25, 0.3) is 22.8 Å². The molecule has 0 amide bonds. The number of carboxylic acid groups (broad SMARTS) is 1. The maximum Gasteiger partial charge on any atom is 0.354 e. The van der Waals surface area contributed by atoms with Gasteiger partial charge in [-0.2, -0.15) is 4.98 Å². The summed E-state index contributed by atoms with van der Waals surface area (Å²) >= 11 is 13.0. The third-order valence-corrected chi connectivity index (χ3v) is 8.58. The monoisotopic (exact) mass is 581 g/mol. The Morgan fingerprint density at radius 3 is 2.40 bits per heavy atom. The highest BCUT2D eigenvalue weighted by Gasteiger charge is 2.44. The number of halogens is 2. The first kappa shape index (κ1) is 25.5. The fourth-order valence-electron chi connectivity index (χ4n) is 5.94. The number of piperidine rings is 1. The fraction of sp³-hybridized carbons (Fsp3) is 0.393. The van der Waals surface area contributed by atoms with Gasteiger partial charge in [0.05, 0.1) is 22.8 Å². The van der Waals surface area contributed by atoms with Crippen molar-refractivity contribution >= 4 is 35.1 Å². The maximum atomic E-state index is 11.3. The van der Waals surface area contributed by atoms with Crippen molar-refractivity contribution in [2.24, 2.45) is 0 Å². The highest BCUT2D eigenvalue weighted by atomic mass is 35.5. The summed E-state index contributed by atoms with van der Waals surface area (Å²) in [6, 6.07) is 10.5. The van der Waals surface area contributed by atoms with Crippen LogP contribution in [-0.2, 0) is 11.3 Å². The van der Waals surface area contributed by atoms with Gasteiger partial charge in [-0.3, -0.25) is 0 Å². The Labute approximate surface area is 239 Å². The van der Waals surface area contributed by atoms with Crippen LogP contribution in [0.15, 0.2) is 45.4 Å². The molecular weight excluding hydrogens is 557 g/mol. The van der Waals surface area contributed by atoms with E-state index in [9.17, 15) is 9.90 Å². The van der Waals surface area contributed by atoms with Crippen molar-refractivity contribution in [3.8, 4) is 22.8 Å². The molecule has 1 unspecified atom stereocenters. The minimum Gasteiger partial charge on any atom is -0.477 e. The third-order valence-electron chi connectivity index (χ3n) is 7.95. The zero-order valence-corrected chi connectivity index (χ0v) is 22.8. The number of aromatic nitrogens is 4. The minimum atomic E-state index is -1.11. The lowest BCUT2D eigenvalue weighted by Gasteiger charge is -2.37. The highest BCUT2D eigenvalue weighted by molar-refractivity contribution is 6.39. The first-order valence-electron chi connectivity index (χ1n) is 13.3. The normalized spacial score (nSPS) is 22.1. The van der Waals surface area contributed by atoms with Crippen molar-refractivity contribution in [1.29, 1.82) is 0 Å². The van der Waals surface area contributed by atoms with Gasteiger partial charge in [-0.25, -0.2) is 9.78 Å². The molecular formula is C28H25Cl2N5O5. The Morgan fingerprint density at radius 1 is 0.975 bits per heavy atom. The molecule has 0 spiro atoms. The first-order chi connectivity index (χ1) is 19.5. The molecule has 3 fully saturated rings. The molecule has 0 radical (unpaired) electrons. The number of carbonyl (C=O) groups is 1.